The number of carbonyl (C=O) groups is 1. The Hall–Kier alpha value is -1.84. The average Bonchev–Trinajstić information content (AvgIpc) is 2.47. The summed E-state index contributed by atoms with van der Waals surface area (Å²) in [6, 6.07) is 16.9. The first-order chi connectivity index (χ1) is 10.1. The summed E-state index contributed by atoms with van der Waals surface area (Å²) in [7, 11) is 1.93. The van der Waals surface area contributed by atoms with Crippen LogP contribution >= 0.6 is 11.6 Å². The third-order valence-electron chi connectivity index (χ3n) is 3.40. The molecule has 0 aliphatic carbocycles. The van der Waals surface area contributed by atoms with Gasteiger partial charge in [0.25, 0.3) is 0 Å². The number of likely N-dealkylation sites (N-methyl/N-ethyl adjacent to an activating group) is 1. The van der Waals surface area contributed by atoms with Crippen molar-refractivity contribution in [1.82, 2.24) is 4.90 Å². The number of para-hydroxylation sites is 1. The highest BCUT2D eigenvalue weighted by Crippen LogP contribution is 2.14. The fourth-order valence-corrected chi connectivity index (χ4v) is 2.24. The van der Waals surface area contributed by atoms with Crippen LogP contribution in [0, 0.1) is 0 Å². The van der Waals surface area contributed by atoms with Gasteiger partial charge in [0.2, 0.25) is 5.91 Å². The standard InChI is InChI=1S/C17H19ClN2O/c1-13(17(21)19-16-9-4-3-5-10-16)20(2)12-14-7-6-8-15(18)11-14/h3-11,13H,12H2,1-2H3,(H,19,21)/t13-/m1/s1. The quantitative estimate of drug-likeness (QED) is 0.911. The Morgan fingerprint density at radius 3 is 2.57 bits per heavy atom. The summed E-state index contributed by atoms with van der Waals surface area (Å²) in [6.07, 6.45) is 0. The van der Waals surface area contributed by atoms with Crippen LogP contribution < -0.4 is 5.32 Å². The maximum absolute atomic E-state index is 12.2. The molecule has 0 unspecified atom stereocenters. The monoisotopic (exact) mass is 302 g/mol. The van der Waals surface area contributed by atoms with E-state index in [1.54, 1.807) is 0 Å². The number of nitrogens with one attached hydrogen (secondary N) is 1. The lowest BCUT2D eigenvalue weighted by atomic mass is 10.2. The number of anilines is 1. The summed E-state index contributed by atoms with van der Waals surface area (Å²) in [5.41, 5.74) is 1.90. The molecule has 110 valence electrons. The summed E-state index contributed by atoms with van der Waals surface area (Å²) in [5, 5.41) is 3.62. The van der Waals surface area contributed by atoms with E-state index in [0.717, 1.165) is 11.3 Å². The minimum atomic E-state index is -0.232. The van der Waals surface area contributed by atoms with E-state index < -0.39 is 0 Å². The van der Waals surface area contributed by atoms with Gasteiger partial charge in [0.1, 0.15) is 0 Å². The number of benzene rings is 2. The summed E-state index contributed by atoms with van der Waals surface area (Å²) in [5.74, 6) is -0.0225. The first kappa shape index (κ1) is 15.5. The van der Waals surface area contributed by atoms with Crippen LogP contribution in [0.3, 0.4) is 0 Å². The Bertz CT molecular complexity index is 601. The van der Waals surface area contributed by atoms with Crippen molar-refractivity contribution in [2.45, 2.75) is 19.5 Å². The lowest BCUT2D eigenvalue weighted by molar-refractivity contribution is -0.120. The molecule has 2 aromatic carbocycles. The molecule has 0 spiro atoms. The molecule has 21 heavy (non-hydrogen) atoms. The van der Waals surface area contributed by atoms with Crippen molar-refractivity contribution in [2.24, 2.45) is 0 Å². The fourth-order valence-electron chi connectivity index (χ4n) is 2.03. The van der Waals surface area contributed by atoms with Crippen LogP contribution in [0.4, 0.5) is 5.69 Å². The molecule has 0 radical (unpaired) electrons. The van der Waals surface area contributed by atoms with Crippen molar-refractivity contribution >= 4 is 23.2 Å². The lowest BCUT2D eigenvalue weighted by Gasteiger charge is -2.24. The summed E-state index contributed by atoms with van der Waals surface area (Å²) < 4.78 is 0. The molecule has 0 saturated heterocycles. The maximum Gasteiger partial charge on any atom is 0.241 e. The van der Waals surface area contributed by atoms with Gasteiger partial charge in [-0.05, 0) is 43.8 Å². The zero-order valence-electron chi connectivity index (χ0n) is 12.2. The highest BCUT2D eigenvalue weighted by molar-refractivity contribution is 6.30. The van der Waals surface area contributed by atoms with Gasteiger partial charge in [-0.2, -0.15) is 0 Å². The van der Waals surface area contributed by atoms with Crippen molar-refractivity contribution in [3.63, 3.8) is 0 Å². The molecule has 4 heteroatoms. The van der Waals surface area contributed by atoms with E-state index in [1.165, 1.54) is 0 Å². The van der Waals surface area contributed by atoms with Gasteiger partial charge in [0.15, 0.2) is 0 Å². The third-order valence-corrected chi connectivity index (χ3v) is 3.64. The van der Waals surface area contributed by atoms with Crippen molar-refractivity contribution < 1.29 is 4.79 Å². The molecule has 0 aromatic heterocycles. The minimum Gasteiger partial charge on any atom is -0.325 e. The molecule has 2 rings (SSSR count). The van der Waals surface area contributed by atoms with E-state index in [1.807, 2.05) is 73.5 Å². The van der Waals surface area contributed by atoms with E-state index in [0.29, 0.717) is 11.6 Å². The average molecular weight is 303 g/mol. The van der Waals surface area contributed by atoms with Gasteiger partial charge in [-0.15, -0.1) is 0 Å². The van der Waals surface area contributed by atoms with Crippen LogP contribution in [-0.4, -0.2) is 23.9 Å². The largest absolute Gasteiger partial charge is 0.325 e. The predicted octanol–water partition coefficient (Wildman–Crippen LogP) is 3.80. The van der Waals surface area contributed by atoms with E-state index in [-0.39, 0.29) is 11.9 Å². The van der Waals surface area contributed by atoms with Gasteiger partial charge in [0, 0.05) is 17.3 Å². The molecule has 1 N–H and O–H groups in total. The number of nitrogens with zero attached hydrogens (tertiary/aromatic N) is 1. The van der Waals surface area contributed by atoms with Crippen molar-refractivity contribution in [3.8, 4) is 0 Å². The lowest BCUT2D eigenvalue weighted by Crippen LogP contribution is -2.39. The molecule has 0 heterocycles. The van der Waals surface area contributed by atoms with Gasteiger partial charge in [-0.3, -0.25) is 9.69 Å². The molecular weight excluding hydrogens is 284 g/mol. The van der Waals surface area contributed by atoms with Gasteiger partial charge in [-0.1, -0.05) is 41.9 Å². The van der Waals surface area contributed by atoms with Gasteiger partial charge in [-0.25, -0.2) is 0 Å². The molecule has 0 aliphatic heterocycles. The second kappa shape index (κ2) is 7.25. The summed E-state index contributed by atoms with van der Waals surface area (Å²) >= 11 is 5.98. The second-order valence-corrected chi connectivity index (χ2v) is 5.51. The fraction of sp³-hybridized carbons (Fsp3) is 0.235. The third kappa shape index (κ3) is 4.59. The van der Waals surface area contributed by atoms with Gasteiger partial charge in [0.05, 0.1) is 6.04 Å². The zero-order chi connectivity index (χ0) is 15.2. The number of hydrogen-bond donors (Lipinski definition) is 1. The van der Waals surface area contributed by atoms with Crippen LogP contribution in [-0.2, 0) is 11.3 Å². The first-order valence-corrected chi connectivity index (χ1v) is 7.24. The Balaban J connectivity index is 1.95. The van der Waals surface area contributed by atoms with Crippen LogP contribution in [0.5, 0.6) is 0 Å². The second-order valence-electron chi connectivity index (χ2n) is 5.08. The van der Waals surface area contributed by atoms with Crippen molar-refractivity contribution in [3.05, 3.63) is 65.2 Å². The molecule has 1 atom stereocenters. The Morgan fingerprint density at radius 1 is 1.19 bits per heavy atom. The Kier molecular flexibility index (Phi) is 5.37. The molecular formula is C17H19ClN2O. The summed E-state index contributed by atoms with van der Waals surface area (Å²) in [6.45, 7) is 2.56. The molecule has 0 fully saturated rings. The van der Waals surface area contributed by atoms with Crippen LogP contribution in [0.1, 0.15) is 12.5 Å². The number of rotatable bonds is 5. The number of hydrogen-bond acceptors (Lipinski definition) is 2. The van der Waals surface area contributed by atoms with Crippen molar-refractivity contribution in [1.29, 1.82) is 0 Å². The highest BCUT2D eigenvalue weighted by Gasteiger charge is 2.18. The first-order valence-electron chi connectivity index (χ1n) is 6.87. The van der Waals surface area contributed by atoms with E-state index >= 15 is 0 Å². The SMILES string of the molecule is C[C@H](C(=O)Nc1ccccc1)N(C)Cc1cccc(Cl)c1. The number of halogens is 1. The van der Waals surface area contributed by atoms with Gasteiger partial charge >= 0.3 is 0 Å². The molecule has 0 saturated carbocycles. The smallest absolute Gasteiger partial charge is 0.241 e. The Labute approximate surface area is 130 Å². The van der Waals surface area contributed by atoms with Crippen LogP contribution in [0.15, 0.2) is 54.6 Å². The van der Waals surface area contributed by atoms with E-state index in [2.05, 4.69) is 5.32 Å². The number of amides is 1. The molecule has 0 bridgehead atoms. The number of carbonyl (C=O) groups excluding carboxylic acids is 1. The van der Waals surface area contributed by atoms with Gasteiger partial charge < -0.3 is 5.32 Å². The van der Waals surface area contributed by atoms with Crippen LogP contribution in [0.25, 0.3) is 0 Å². The van der Waals surface area contributed by atoms with E-state index in [4.69, 9.17) is 11.6 Å². The molecule has 0 aliphatic rings. The molecule has 2 aromatic rings. The predicted molar refractivity (Wildman–Crippen MR) is 87.5 cm³/mol. The highest BCUT2D eigenvalue weighted by atomic mass is 35.5. The minimum absolute atomic E-state index is 0.0225. The topological polar surface area (TPSA) is 32.3 Å². The zero-order valence-corrected chi connectivity index (χ0v) is 13.0. The molecule has 3 nitrogen and oxygen atoms in total. The summed E-state index contributed by atoms with van der Waals surface area (Å²) in [4.78, 5) is 14.2. The maximum atomic E-state index is 12.2. The normalized spacial score (nSPS) is 12.2. The molecule has 1 amide bonds. The van der Waals surface area contributed by atoms with Crippen molar-refractivity contribution in [2.75, 3.05) is 12.4 Å². The van der Waals surface area contributed by atoms with Crippen LogP contribution in [0.2, 0.25) is 5.02 Å². The Morgan fingerprint density at radius 2 is 1.90 bits per heavy atom. The van der Waals surface area contributed by atoms with E-state index in [9.17, 15) is 4.79 Å².